The van der Waals surface area contributed by atoms with Crippen molar-refractivity contribution in [2.24, 2.45) is 0 Å². The molecule has 0 fully saturated rings. The molecule has 23 heavy (non-hydrogen) atoms. The van der Waals surface area contributed by atoms with Gasteiger partial charge in [0.15, 0.2) is 11.5 Å². The molecule has 0 saturated heterocycles. The number of aromatic carboxylic acids is 1. The zero-order chi connectivity index (χ0) is 16.4. The Balaban J connectivity index is 2.15. The van der Waals surface area contributed by atoms with Crippen LogP contribution in [-0.4, -0.2) is 51.2 Å². The summed E-state index contributed by atoms with van der Waals surface area (Å²) in [6.45, 7) is 0.806. The average molecular weight is 310 g/mol. The van der Waals surface area contributed by atoms with Crippen molar-refractivity contribution in [2.45, 2.75) is 6.42 Å². The van der Waals surface area contributed by atoms with Gasteiger partial charge in [-0.25, -0.2) is 14.3 Å². The van der Waals surface area contributed by atoms with Gasteiger partial charge in [-0.1, -0.05) is 30.3 Å². The van der Waals surface area contributed by atoms with E-state index in [1.54, 1.807) is 16.6 Å². The highest BCUT2D eigenvalue weighted by atomic mass is 16.4. The first-order valence-corrected chi connectivity index (χ1v) is 7.38. The average Bonchev–Trinajstić information content (AvgIpc) is 2.96. The third-order valence-corrected chi connectivity index (χ3v) is 3.61. The van der Waals surface area contributed by atoms with Gasteiger partial charge >= 0.3 is 5.97 Å². The summed E-state index contributed by atoms with van der Waals surface area (Å²) in [6, 6.07) is 13.1. The predicted molar refractivity (Wildman–Crippen MR) is 87.6 cm³/mol. The van der Waals surface area contributed by atoms with Crippen LogP contribution in [0, 0.1) is 0 Å². The molecule has 6 heteroatoms. The summed E-state index contributed by atoms with van der Waals surface area (Å²) >= 11 is 0. The Hall–Kier alpha value is -2.73. The van der Waals surface area contributed by atoms with Crippen LogP contribution in [0.4, 0.5) is 0 Å². The minimum absolute atomic E-state index is 0.160. The highest BCUT2D eigenvalue weighted by molar-refractivity contribution is 5.95. The normalized spacial score (nSPS) is 11.3. The first-order valence-electron chi connectivity index (χ1n) is 7.38. The van der Waals surface area contributed by atoms with E-state index in [2.05, 4.69) is 10.1 Å². The lowest BCUT2D eigenvalue weighted by molar-refractivity contribution is 0.0698. The van der Waals surface area contributed by atoms with E-state index in [-0.39, 0.29) is 5.56 Å². The van der Waals surface area contributed by atoms with E-state index < -0.39 is 5.97 Å². The van der Waals surface area contributed by atoms with E-state index in [4.69, 9.17) is 0 Å². The van der Waals surface area contributed by atoms with E-state index in [9.17, 15) is 9.90 Å². The molecule has 0 spiro atoms. The fourth-order valence-electron chi connectivity index (χ4n) is 2.43. The highest BCUT2D eigenvalue weighted by Crippen LogP contribution is 2.22. The zero-order valence-corrected chi connectivity index (χ0v) is 13.1. The quantitative estimate of drug-likeness (QED) is 0.782. The molecule has 118 valence electrons. The largest absolute Gasteiger partial charge is 0.478 e. The Bertz CT molecular complexity index is 840. The van der Waals surface area contributed by atoms with Crippen molar-refractivity contribution in [2.75, 3.05) is 20.6 Å². The predicted octanol–water partition coefficient (Wildman–Crippen LogP) is 2.20. The number of carboxylic acid groups (broad SMARTS) is 1. The van der Waals surface area contributed by atoms with Crippen LogP contribution in [0.5, 0.6) is 0 Å². The van der Waals surface area contributed by atoms with E-state index in [0.29, 0.717) is 17.9 Å². The van der Waals surface area contributed by atoms with Crippen molar-refractivity contribution in [3.8, 4) is 11.3 Å². The Morgan fingerprint density at radius 1 is 1.17 bits per heavy atom. The lowest BCUT2D eigenvalue weighted by atomic mass is 10.1. The number of likely N-dealkylation sites (N-methyl/N-ethyl adjacent to an activating group) is 1. The summed E-state index contributed by atoms with van der Waals surface area (Å²) in [6.07, 6.45) is 0.669. The topological polar surface area (TPSA) is 70.7 Å². The number of carboxylic acids is 1. The molecule has 0 aliphatic heterocycles. The standard InChI is InChI=1S/C17H18N4O2/c1-20(2)11-10-15-18-16-13(17(22)23)8-9-14(21(16)19-15)12-6-4-3-5-7-12/h3-9H,10-11H2,1-2H3,(H,22,23). The maximum atomic E-state index is 11.4. The van der Waals surface area contributed by atoms with E-state index in [0.717, 1.165) is 17.8 Å². The fourth-order valence-corrected chi connectivity index (χ4v) is 2.43. The molecule has 1 aromatic carbocycles. The molecule has 2 heterocycles. The van der Waals surface area contributed by atoms with Gasteiger partial charge in [-0.15, -0.1) is 0 Å². The molecule has 2 aromatic heterocycles. The van der Waals surface area contributed by atoms with E-state index >= 15 is 0 Å². The monoisotopic (exact) mass is 310 g/mol. The third kappa shape index (κ3) is 3.07. The van der Waals surface area contributed by atoms with Gasteiger partial charge in [0.1, 0.15) is 5.56 Å². The minimum atomic E-state index is -0.999. The van der Waals surface area contributed by atoms with Gasteiger partial charge in [0.25, 0.3) is 0 Å². The molecule has 0 aliphatic rings. The van der Waals surface area contributed by atoms with Crippen molar-refractivity contribution in [3.63, 3.8) is 0 Å². The van der Waals surface area contributed by atoms with Gasteiger partial charge in [0, 0.05) is 18.5 Å². The molecule has 6 nitrogen and oxygen atoms in total. The Kier molecular flexibility index (Phi) is 4.08. The molecule has 0 atom stereocenters. The van der Waals surface area contributed by atoms with Gasteiger partial charge < -0.3 is 10.0 Å². The van der Waals surface area contributed by atoms with Gasteiger partial charge in [-0.05, 0) is 26.2 Å². The van der Waals surface area contributed by atoms with Crippen LogP contribution >= 0.6 is 0 Å². The third-order valence-electron chi connectivity index (χ3n) is 3.61. The van der Waals surface area contributed by atoms with Crippen LogP contribution in [-0.2, 0) is 6.42 Å². The number of nitrogens with zero attached hydrogens (tertiary/aromatic N) is 4. The number of rotatable bonds is 5. The SMILES string of the molecule is CN(C)CCc1nc2c(C(=O)O)ccc(-c3ccccc3)n2n1. The number of pyridine rings is 1. The summed E-state index contributed by atoms with van der Waals surface area (Å²) < 4.78 is 1.63. The first kappa shape index (κ1) is 15.2. The Morgan fingerprint density at radius 2 is 1.91 bits per heavy atom. The first-order chi connectivity index (χ1) is 11.1. The second kappa shape index (κ2) is 6.18. The lowest BCUT2D eigenvalue weighted by Gasteiger charge is -2.06. The lowest BCUT2D eigenvalue weighted by Crippen LogP contribution is -2.15. The molecule has 1 N–H and O–H groups in total. The van der Waals surface area contributed by atoms with Gasteiger partial charge in [0.2, 0.25) is 0 Å². The van der Waals surface area contributed by atoms with Gasteiger partial charge in [-0.2, -0.15) is 5.10 Å². The van der Waals surface area contributed by atoms with Crippen LogP contribution in [0.1, 0.15) is 16.2 Å². The molecule has 0 unspecified atom stereocenters. The molecule has 0 radical (unpaired) electrons. The van der Waals surface area contributed by atoms with Crippen molar-refractivity contribution in [1.82, 2.24) is 19.5 Å². The maximum absolute atomic E-state index is 11.4. The number of benzene rings is 1. The minimum Gasteiger partial charge on any atom is -0.478 e. The highest BCUT2D eigenvalue weighted by Gasteiger charge is 2.17. The summed E-state index contributed by atoms with van der Waals surface area (Å²) in [4.78, 5) is 17.9. The number of aromatic nitrogens is 3. The smallest absolute Gasteiger partial charge is 0.339 e. The zero-order valence-electron chi connectivity index (χ0n) is 13.1. The number of carbonyl (C=O) groups is 1. The summed E-state index contributed by atoms with van der Waals surface area (Å²) in [7, 11) is 3.96. The number of hydrogen-bond acceptors (Lipinski definition) is 4. The van der Waals surface area contributed by atoms with Gasteiger partial charge in [0.05, 0.1) is 5.69 Å². The molecule has 0 aliphatic carbocycles. The summed E-state index contributed by atoms with van der Waals surface area (Å²) in [5, 5.41) is 13.9. The van der Waals surface area contributed by atoms with Crippen molar-refractivity contribution in [1.29, 1.82) is 0 Å². The van der Waals surface area contributed by atoms with Crippen LogP contribution < -0.4 is 0 Å². The maximum Gasteiger partial charge on any atom is 0.339 e. The molecule has 3 aromatic rings. The van der Waals surface area contributed by atoms with Crippen LogP contribution in [0.25, 0.3) is 16.9 Å². The fraction of sp³-hybridized carbons (Fsp3) is 0.235. The molecule has 0 amide bonds. The van der Waals surface area contributed by atoms with Crippen molar-refractivity contribution in [3.05, 3.63) is 53.9 Å². The van der Waals surface area contributed by atoms with Crippen LogP contribution in [0.15, 0.2) is 42.5 Å². The van der Waals surface area contributed by atoms with Crippen LogP contribution in [0.2, 0.25) is 0 Å². The van der Waals surface area contributed by atoms with Gasteiger partial charge in [-0.3, -0.25) is 0 Å². The molecular formula is C17H18N4O2. The van der Waals surface area contributed by atoms with Crippen LogP contribution in [0.3, 0.4) is 0 Å². The molecular weight excluding hydrogens is 292 g/mol. The Labute approximate surface area is 134 Å². The molecule has 0 saturated carbocycles. The second-order valence-electron chi connectivity index (χ2n) is 5.62. The van der Waals surface area contributed by atoms with E-state index in [1.807, 2.05) is 49.3 Å². The van der Waals surface area contributed by atoms with E-state index in [1.165, 1.54) is 0 Å². The molecule has 3 rings (SSSR count). The Morgan fingerprint density at radius 3 is 2.57 bits per heavy atom. The summed E-state index contributed by atoms with van der Waals surface area (Å²) in [5.74, 6) is -0.356. The number of hydrogen-bond donors (Lipinski definition) is 1. The summed E-state index contributed by atoms with van der Waals surface area (Å²) in [5.41, 5.74) is 2.34. The molecule has 0 bridgehead atoms. The van der Waals surface area contributed by atoms with Crippen molar-refractivity contribution < 1.29 is 9.90 Å². The second-order valence-corrected chi connectivity index (χ2v) is 5.62. The number of fused-ring (bicyclic) bond motifs is 1. The van der Waals surface area contributed by atoms with Crippen molar-refractivity contribution >= 4 is 11.6 Å².